The molecule has 10 heteroatoms. The second kappa shape index (κ2) is 6.47. The van der Waals surface area contributed by atoms with Gasteiger partial charge in [-0.2, -0.15) is 18.3 Å². The van der Waals surface area contributed by atoms with Gasteiger partial charge in [-0.3, -0.25) is 10.1 Å². The fourth-order valence-electron chi connectivity index (χ4n) is 2.29. The third-order valence-electron chi connectivity index (χ3n) is 3.55. The van der Waals surface area contributed by atoms with E-state index in [1.54, 1.807) is 6.07 Å². The Morgan fingerprint density at radius 3 is 2.35 bits per heavy atom. The molecule has 7 nitrogen and oxygen atoms in total. The fraction of sp³-hybridized carbons (Fsp3) is 0.125. The molecule has 0 bridgehead atoms. The SMILES string of the molecule is COc1ccc(-c2cc(C(F)(F)F)nn2-c2ccc([N+](=O)[O-])cc2)cn1. The lowest BCUT2D eigenvalue weighted by Crippen LogP contribution is -2.07. The van der Waals surface area contributed by atoms with Crippen LogP contribution in [0.4, 0.5) is 18.9 Å². The van der Waals surface area contributed by atoms with Gasteiger partial charge in [0, 0.05) is 30.0 Å². The number of rotatable bonds is 4. The minimum Gasteiger partial charge on any atom is -0.481 e. The monoisotopic (exact) mass is 364 g/mol. The highest BCUT2D eigenvalue weighted by atomic mass is 19.4. The number of benzene rings is 1. The molecular weight excluding hydrogens is 353 g/mol. The number of non-ortho nitro benzene ring substituents is 1. The Hall–Kier alpha value is -3.43. The van der Waals surface area contributed by atoms with E-state index in [1.807, 2.05) is 0 Å². The highest BCUT2D eigenvalue weighted by Crippen LogP contribution is 2.33. The normalized spacial score (nSPS) is 11.4. The summed E-state index contributed by atoms with van der Waals surface area (Å²) in [6.07, 6.45) is -3.28. The van der Waals surface area contributed by atoms with Crippen molar-refractivity contribution >= 4 is 5.69 Å². The number of hydrogen-bond acceptors (Lipinski definition) is 5. The average Bonchev–Trinajstić information content (AvgIpc) is 3.07. The van der Waals surface area contributed by atoms with E-state index in [4.69, 9.17) is 4.74 Å². The van der Waals surface area contributed by atoms with Crippen LogP contribution < -0.4 is 4.74 Å². The predicted molar refractivity (Wildman–Crippen MR) is 85.0 cm³/mol. The van der Waals surface area contributed by atoms with Crippen LogP contribution in [0.2, 0.25) is 0 Å². The molecule has 0 amide bonds. The summed E-state index contributed by atoms with van der Waals surface area (Å²) in [7, 11) is 1.42. The van der Waals surface area contributed by atoms with Crippen molar-refractivity contribution in [1.82, 2.24) is 14.8 Å². The summed E-state index contributed by atoms with van der Waals surface area (Å²) in [6, 6.07) is 8.99. The largest absolute Gasteiger partial charge is 0.481 e. The summed E-state index contributed by atoms with van der Waals surface area (Å²) in [5.41, 5.74) is -0.489. The predicted octanol–water partition coefficient (Wildman–Crippen LogP) is 3.87. The molecule has 0 N–H and O–H groups in total. The van der Waals surface area contributed by atoms with Gasteiger partial charge in [-0.25, -0.2) is 9.67 Å². The van der Waals surface area contributed by atoms with Gasteiger partial charge in [0.1, 0.15) is 0 Å². The zero-order valence-corrected chi connectivity index (χ0v) is 13.3. The highest BCUT2D eigenvalue weighted by Gasteiger charge is 2.35. The number of pyridine rings is 1. The van der Waals surface area contributed by atoms with Crippen LogP contribution in [0.25, 0.3) is 16.9 Å². The lowest BCUT2D eigenvalue weighted by Gasteiger charge is -2.08. The molecule has 0 aliphatic carbocycles. The first-order valence-corrected chi connectivity index (χ1v) is 7.22. The molecule has 3 rings (SSSR count). The number of nitro groups is 1. The van der Waals surface area contributed by atoms with Crippen molar-refractivity contribution in [3.63, 3.8) is 0 Å². The van der Waals surface area contributed by atoms with Crippen LogP contribution in [-0.2, 0) is 6.18 Å². The van der Waals surface area contributed by atoms with Gasteiger partial charge >= 0.3 is 6.18 Å². The Balaban J connectivity index is 2.13. The van der Waals surface area contributed by atoms with E-state index in [1.165, 1.54) is 43.6 Å². The average molecular weight is 364 g/mol. The van der Waals surface area contributed by atoms with Crippen LogP contribution in [0.3, 0.4) is 0 Å². The quantitative estimate of drug-likeness (QED) is 0.518. The standard InChI is InChI=1S/C16H11F3N4O3/c1-26-15-7-2-10(9-20-15)13-8-14(16(17,18)19)21-22(13)11-3-5-12(6-4-11)23(24)25/h2-9H,1H3. The molecule has 0 unspecified atom stereocenters. The molecule has 0 saturated carbocycles. The van der Waals surface area contributed by atoms with Gasteiger partial charge in [-0.1, -0.05) is 0 Å². The van der Waals surface area contributed by atoms with E-state index in [-0.39, 0.29) is 17.1 Å². The van der Waals surface area contributed by atoms with E-state index in [9.17, 15) is 23.3 Å². The van der Waals surface area contributed by atoms with Crippen LogP contribution in [-0.4, -0.2) is 26.8 Å². The topological polar surface area (TPSA) is 83.1 Å². The molecule has 2 aromatic heterocycles. The van der Waals surface area contributed by atoms with Gasteiger partial charge < -0.3 is 4.74 Å². The van der Waals surface area contributed by atoms with Crippen LogP contribution in [0.1, 0.15) is 5.69 Å². The van der Waals surface area contributed by atoms with Crippen LogP contribution in [0, 0.1) is 10.1 Å². The van der Waals surface area contributed by atoms with Crippen molar-refractivity contribution in [3.05, 3.63) is 64.5 Å². The second-order valence-electron chi connectivity index (χ2n) is 5.19. The summed E-state index contributed by atoms with van der Waals surface area (Å²) < 4.78 is 45.3. The summed E-state index contributed by atoms with van der Waals surface area (Å²) in [6.45, 7) is 0. The lowest BCUT2D eigenvalue weighted by molar-refractivity contribution is -0.384. The fourth-order valence-corrected chi connectivity index (χ4v) is 2.29. The van der Waals surface area contributed by atoms with Crippen LogP contribution >= 0.6 is 0 Å². The van der Waals surface area contributed by atoms with E-state index in [2.05, 4.69) is 10.1 Å². The second-order valence-corrected chi connectivity index (χ2v) is 5.19. The number of methoxy groups -OCH3 is 1. The maximum atomic E-state index is 13.1. The Morgan fingerprint density at radius 1 is 1.15 bits per heavy atom. The summed E-state index contributed by atoms with van der Waals surface area (Å²) >= 11 is 0. The van der Waals surface area contributed by atoms with Crippen LogP contribution in [0.15, 0.2) is 48.7 Å². The third kappa shape index (κ3) is 3.34. The molecule has 3 aromatic rings. The molecule has 134 valence electrons. The maximum Gasteiger partial charge on any atom is 0.435 e. The van der Waals surface area contributed by atoms with E-state index in [0.29, 0.717) is 11.4 Å². The van der Waals surface area contributed by atoms with Gasteiger partial charge in [0.2, 0.25) is 5.88 Å². The van der Waals surface area contributed by atoms with Crippen molar-refractivity contribution in [2.75, 3.05) is 7.11 Å². The molecule has 0 spiro atoms. The van der Waals surface area contributed by atoms with Crippen molar-refractivity contribution in [2.24, 2.45) is 0 Å². The minimum atomic E-state index is -4.64. The molecule has 0 saturated heterocycles. The zero-order valence-electron chi connectivity index (χ0n) is 13.3. The maximum absolute atomic E-state index is 13.1. The van der Waals surface area contributed by atoms with E-state index >= 15 is 0 Å². The first-order valence-electron chi connectivity index (χ1n) is 7.22. The smallest absolute Gasteiger partial charge is 0.435 e. The Kier molecular flexibility index (Phi) is 4.33. The van der Waals surface area contributed by atoms with E-state index in [0.717, 1.165) is 10.7 Å². The molecule has 26 heavy (non-hydrogen) atoms. The highest BCUT2D eigenvalue weighted by molar-refractivity contribution is 5.62. The first-order chi connectivity index (χ1) is 12.3. The number of halogens is 3. The first kappa shape index (κ1) is 17.4. The van der Waals surface area contributed by atoms with Gasteiger partial charge in [0.05, 0.1) is 23.4 Å². The summed E-state index contributed by atoms with van der Waals surface area (Å²) in [5.74, 6) is 0.311. The third-order valence-corrected chi connectivity index (χ3v) is 3.55. The molecule has 0 fully saturated rings. The van der Waals surface area contributed by atoms with Crippen molar-refractivity contribution in [2.45, 2.75) is 6.18 Å². The van der Waals surface area contributed by atoms with Crippen LogP contribution in [0.5, 0.6) is 5.88 Å². The number of aromatic nitrogens is 3. The molecule has 0 radical (unpaired) electrons. The van der Waals surface area contributed by atoms with Crippen molar-refractivity contribution in [1.29, 1.82) is 0 Å². The van der Waals surface area contributed by atoms with Gasteiger partial charge in [0.15, 0.2) is 5.69 Å². The number of hydrogen-bond donors (Lipinski definition) is 0. The number of alkyl halides is 3. The number of ether oxygens (including phenoxy) is 1. The van der Waals surface area contributed by atoms with Gasteiger partial charge in [0.25, 0.3) is 5.69 Å². The van der Waals surface area contributed by atoms with Gasteiger partial charge in [-0.15, -0.1) is 0 Å². The molecule has 2 heterocycles. The van der Waals surface area contributed by atoms with Crippen molar-refractivity contribution < 1.29 is 22.8 Å². The lowest BCUT2D eigenvalue weighted by atomic mass is 10.2. The Labute approximate surface area is 144 Å². The Morgan fingerprint density at radius 2 is 1.85 bits per heavy atom. The molecule has 0 aliphatic heterocycles. The summed E-state index contributed by atoms with van der Waals surface area (Å²) in [4.78, 5) is 14.1. The number of nitro benzene ring substituents is 1. The molecule has 0 atom stereocenters. The molecule has 0 aliphatic rings. The Bertz CT molecular complexity index is 935. The summed E-state index contributed by atoms with van der Waals surface area (Å²) in [5, 5.41) is 14.4. The van der Waals surface area contributed by atoms with E-state index < -0.39 is 16.8 Å². The number of nitrogens with zero attached hydrogens (tertiary/aromatic N) is 4. The van der Waals surface area contributed by atoms with Gasteiger partial charge in [-0.05, 0) is 24.3 Å². The minimum absolute atomic E-state index is 0.140. The molecular formula is C16H11F3N4O3. The molecule has 1 aromatic carbocycles. The zero-order chi connectivity index (χ0) is 18.9. The van der Waals surface area contributed by atoms with Crippen molar-refractivity contribution in [3.8, 4) is 22.8 Å².